The third-order valence-electron chi connectivity index (χ3n) is 22.7. The summed E-state index contributed by atoms with van der Waals surface area (Å²) in [7, 11) is 0. The Morgan fingerprint density at radius 3 is 1.57 bits per heavy atom. The maximum absolute atomic E-state index is 11.0. The zero-order valence-electron chi connectivity index (χ0n) is 44.3. The van der Waals surface area contributed by atoms with Crippen LogP contribution in [0.2, 0.25) is 0 Å². The van der Waals surface area contributed by atoms with E-state index in [0.29, 0.717) is 33.5 Å². The molecule has 3 N–H and O–H groups in total. The van der Waals surface area contributed by atoms with Gasteiger partial charge < -0.3 is 20.1 Å². The standard InChI is InChI=1S/C31H47NO2.C26H42O2.C5H4BrN/c1-5-31(34)17-16-29(3)23(19-31)9-10-24-26-12-11-25(30(26,4)15-14-27(24)29)21(2)8-13-28(33)22-7-6-18-32-20-22;1-5-26(28)15-14-24(3)19(17-26)8-9-20-22-11-10-21(18(2)7-6-16-27)25(22,4)13-12-23(20)24;6-5-2-1-3-7-4-5/h6-7,9,18,20-21,24-28,33-34H,5,8,10-17,19H2,1-4H3;8,16,18,20-23,28H,5-7,9-15,17H2,1-4H3;1-4H/t21-,24+,25-,26+,27+,28?,29+,30-,31+;18-,20+,21-,22+,23+,24+,25-,26+;/m11./s1. The largest absolute Gasteiger partial charge is 0.390 e. The van der Waals surface area contributed by atoms with Crippen LogP contribution in [0.4, 0.5) is 0 Å². The topological polar surface area (TPSA) is 104 Å². The molecule has 10 rings (SSSR count). The molecule has 382 valence electrons. The molecule has 6 nitrogen and oxygen atoms in total. The number of carbonyl (C=O) groups is 1. The molecule has 2 aromatic heterocycles. The number of hydrogen-bond acceptors (Lipinski definition) is 6. The predicted molar refractivity (Wildman–Crippen MR) is 285 cm³/mol. The van der Waals surface area contributed by atoms with Crippen LogP contribution in [0.25, 0.3) is 0 Å². The maximum atomic E-state index is 11.0. The molecular weight excluding hydrogens is 917 g/mol. The number of rotatable bonds is 11. The molecule has 2 heterocycles. The molecular formula is C62H93BrN2O4. The van der Waals surface area contributed by atoms with E-state index in [1.807, 2.05) is 30.5 Å². The molecule has 0 spiro atoms. The van der Waals surface area contributed by atoms with Crippen LogP contribution < -0.4 is 0 Å². The Morgan fingerprint density at radius 2 is 1.14 bits per heavy atom. The lowest BCUT2D eigenvalue weighted by Crippen LogP contribution is -2.52. The Balaban J connectivity index is 0.000000165. The minimum Gasteiger partial charge on any atom is -0.390 e. The number of allylic oxidation sites excluding steroid dienone is 2. The van der Waals surface area contributed by atoms with Crippen LogP contribution in [-0.4, -0.2) is 42.8 Å². The minimum absolute atomic E-state index is 0.309. The van der Waals surface area contributed by atoms with Crippen molar-refractivity contribution in [2.24, 2.45) is 80.8 Å². The van der Waals surface area contributed by atoms with Crippen molar-refractivity contribution < 1.29 is 20.1 Å². The fourth-order valence-corrected chi connectivity index (χ4v) is 18.5. The van der Waals surface area contributed by atoms with E-state index in [2.05, 4.69) is 93.4 Å². The quantitative estimate of drug-likeness (QED) is 0.153. The van der Waals surface area contributed by atoms with Gasteiger partial charge in [-0.2, -0.15) is 0 Å². The molecule has 6 fully saturated rings. The number of nitrogens with zero attached hydrogens (tertiary/aromatic N) is 2. The third kappa shape index (κ3) is 10.4. The molecule has 0 bridgehead atoms. The number of pyridine rings is 2. The molecule has 6 saturated carbocycles. The van der Waals surface area contributed by atoms with Gasteiger partial charge in [-0.15, -0.1) is 0 Å². The fraction of sp³-hybridized carbons (Fsp3) is 0.758. The van der Waals surface area contributed by atoms with Gasteiger partial charge in [0.05, 0.1) is 17.3 Å². The van der Waals surface area contributed by atoms with Crippen molar-refractivity contribution in [2.45, 2.75) is 214 Å². The number of hydrogen-bond donors (Lipinski definition) is 3. The van der Waals surface area contributed by atoms with E-state index in [0.717, 1.165) is 128 Å². The highest BCUT2D eigenvalue weighted by atomic mass is 79.9. The van der Waals surface area contributed by atoms with Crippen LogP contribution in [0.3, 0.4) is 0 Å². The predicted octanol–water partition coefficient (Wildman–Crippen LogP) is 15.4. The molecule has 2 aromatic rings. The van der Waals surface area contributed by atoms with Crippen molar-refractivity contribution in [3.8, 4) is 0 Å². The fourth-order valence-electron chi connectivity index (χ4n) is 18.2. The third-order valence-corrected chi connectivity index (χ3v) is 23.1. The average Bonchev–Trinajstić information content (AvgIpc) is 3.91. The summed E-state index contributed by atoms with van der Waals surface area (Å²) in [5, 5.41) is 32.6. The molecule has 69 heavy (non-hydrogen) atoms. The van der Waals surface area contributed by atoms with E-state index in [4.69, 9.17) is 0 Å². The second-order valence-corrected chi connectivity index (χ2v) is 26.6. The summed E-state index contributed by atoms with van der Waals surface area (Å²) in [6, 6.07) is 7.73. The van der Waals surface area contributed by atoms with E-state index in [9.17, 15) is 20.1 Å². The summed E-state index contributed by atoms with van der Waals surface area (Å²) in [6.07, 6.45) is 38.0. The van der Waals surface area contributed by atoms with Gasteiger partial charge in [0.25, 0.3) is 0 Å². The molecule has 1 unspecified atom stereocenters. The van der Waals surface area contributed by atoms with Crippen LogP contribution in [0, 0.1) is 80.8 Å². The van der Waals surface area contributed by atoms with Gasteiger partial charge >= 0.3 is 0 Å². The number of aldehydes is 1. The van der Waals surface area contributed by atoms with Crippen LogP contribution in [0.5, 0.6) is 0 Å². The molecule has 0 radical (unpaired) electrons. The van der Waals surface area contributed by atoms with E-state index >= 15 is 0 Å². The lowest BCUT2D eigenvalue weighted by molar-refractivity contribution is -0.108. The summed E-state index contributed by atoms with van der Waals surface area (Å²) in [4.78, 5) is 18.9. The molecule has 7 heteroatoms. The monoisotopic (exact) mass is 1010 g/mol. The number of aliphatic hydroxyl groups is 3. The van der Waals surface area contributed by atoms with Crippen molar-refractivity contribution in [3.05, 3.63) is 82.4 Å². The summed E-state index contributed by atoms with van der Waals surface area (Å²) < 4.78 is 1.02. The van der Waals surface area contributed by atoms with Gasteiger partial charge in [-0.3, -0.25) is 9.97 Å². The van der Waals surface area contributed by atoms with Crippen molar-refractivity contribution in [1.29, 1.82) is 0 Å². The zero-order valence-corrected chi connectivity index (χ0v) is 45.9. The highest BCUT2D eigenvalue weighted by molar-refractivity contribution is 9.10. The number of halogens is 1. The second-order valence-electron chi connectivity index (χ2n) is 25.7. The van der Waals surface area contributed by atoms with Crippen LogP contribution in [-0.2, 0) is 4.79 Å². The first-order valence-corrected chi connectivity index (χ1v) is 29.1. The van der Waals surface area contributed by atoms with Gasteiger partial charge in [0.2, 0.25) is 0 Å². The first-order chi connectivity index (χ1) is 32.9. The number of aromatic nitrogens is 2. The Morgan fingerprint density at radius 1 is 0.652 bits per heavy atom. The van der Waals surface area contributed by atoms with Crippen LogP contribution in [0.1, 0.15) is 208 Å². The zero-order chi connectivity index (χ0) is 49.4. The Labute approximate surface area is 427 Å². The van der Waals surface area contributed by atoms with Crippen molar-refractivity contribution in [3.63, 3.8) is 0 Å². The van der Waals surface area contributed by atoms with Crippen molar-refractivity contribution >= 4 is 22.2 Å². The summed E-state index contributed by atoms with van der Waals surface area (Å²) in [5.74, 6) is 7.86. The van der Waals surface area contributed by atoms with Gasteiger partial charge in [0, 0.05) is 35.7 Å². The minimum atomic E-state index is -0.463. The summed E-state index contributed by atoms with van der Waals surface area (Å²) >= 11 is 3.25. The molecule has 17 atom stereocenters. The molecule has 0 amide bonds. The lowest BCUT2D eigenvalue weighted by atomic mass is 9.46. The van der Waals surface area contributed by atoms with Gasteiger partial charge in [-0.1, -0.05) is 84.8 Å². The SMILES string of the molecule is Brc1cccnc1.CC[C@]1(O)CC[C@@]2(C)C(=CC[C@H]3[C@@H]4CC[C@H]([C@H](C)CCC(O)c5cccnc5)[C@@]4(C)CC[C@@H]32)C1.CC[C@]1(O)CC[C@@]2(C)C(=CC[C@H]3[C@@H]4CC[C@H]([C@H](C)CCC=O)[C@@]4(C)CC[C@@H]32)C1. The molecule has 8 aliphatic carbocycles. The number of fused-ring (bicyclic) bond motifs is 10. The smallest absolute Gasteiger partial charge is 0.120 e. The van der Waals surface area contributed by atoms with Gasteiger partial charge in [-0.25, -0.2) is 0 Å². The van der Waals surface area contributed by atoms with E-state index in [1.54, 1.807) is 29.7 Å². The average molecular weight is 1010 g/mol. The Kier molecular flexibility index (Phi) is 16.4. The van der Waals surface area contributed by atoms with Crippen LogP contribution in [0.15, 0.2) is 76.8 Å². The van der Waals surface area contributed by atoms with E-state index in [1.165, 1.54) is 77.0 Å². The van der Waals surface area contributed by atoms with E-state index < -0.39 is 17.3 Å². The highest BCUT2D eigenvalue weighted by Crippen LogP contribution is 2.70. The normalized spacial score (nSPS) is 42.0. The van der Waals surface area contributed by atoms with Gasteiger partial charge in [0.1, 0.15) is 6.29 Å². The summed E-state index contributed by atoms with van der Waals surface area (Å²) in [5.41, 5.74) is 4.76. The Bertz CT molecular complexity index is 2100. The second kappa shape index (κ2) is 21.3. The van der Waals surface area contributed by atoms with Crippen molar-refractivity contribution in [1.82, 2.24) is 9.97 Å². The first kappa shape index (κ1) is 53.1. The molecule has 0 aromatic carbocycles. The molecule has 8 aliphatic rings. The van der Waals surface area contributed by atoms with Gasteiger partial charge in [-0.05, 0) is 255 Å². The van der Waals surface area contributed by atoms with Gasteiger partial charge in [0.15, 0.2) is 0 Å². The molecule has 0 aliphatic heterocycles. The first-order valence-electron chi connectivity index (χ1n) is 28.3. The van der Waals surface area contributed by atoms with Crippen LogP contribution >= 0.6 is 15.9 Å². The number of aliphatic hydroxyl groups excluding tert-OH is 1. The maximum Gasteiger partial charge on any atom is 0.120 e. The number of carbonyl (C=O) groups excluding carboxylic acids is 1. The van der Waals surface area contributed by atoms with E-state index in [-0.39, 0.29) is 0 Å². The van der Waals surface area contributed by atoms with Crippen molar-refractivity contribution in [2.75, 3.05) is 0 Å². The molecule has 0 saturated heterocycles. The lowest BCUT2D eigenvalue weighted by Gasteiger charge is -2.59. The summed E-state index contributed by atoms with van der Waals surface area (Å²) in [6.45, 7) is 19.4. The highest BCUT2D eigenvalue weighted by Gasteiger charge is 2.61. The Hall–Kier alpha value is -2.19.